The van der Waals surface area contributed by atoms with Crippen molar-refractivity contribution in [2.24, 2.45) is 0 Å². The Labute approximate surface area is 203 Å². The van der Waals surface area contributed by atoms with Crippen LogP contribution in [0, 0.1) is 6.92 Å². The summed E-state index contributed by atoms with van der Waals surface area (Å²) >= 11 is 0. The SMILES string of the molecule is Cc1ccc(S(=O)(=O)N2C[C@@H](O[Si](C)(C)C(C)(C)C)CC=C2C2(O[Si](C)(C)C)CCC2)cc1. The molecule has 1 atom stereocenters. The van der Waals surface area contributed by atoms with Gasteiger partial charge in [0.25, 0.3) is 10.0 Å². The molecule has 1 fully saturated rings. The van der Waals surface area contributed by atoms with Crippen LogP contribution in [-0.2, 0) is 18.9 Å². The van der Waals surface area contributed by atoms with Crippen molar-refractivity contribution in [2.45, 2.75) is 108 Å². The molecule has 33 heavy (non-hydrogen) atoms. The lowest BCUT2D eigenvalue weighted by Gasteiger charge is -2.52. The molecule has 0 spiro atoms. The molecule has 0 N–H and O–H groups in total. The van der Waals surface area contributed by atoms with Crippen molar-refractivity contribution >= 4 is 26.7 Å². The van der Waals surface area contributed by atoms with Crippen molar-refractivity contribution in [3.63, 3.8) is 0 Å². The Balaban J connectivity index is 2.03. The summed E-state index contributed by atoms with van der Waals surface area (Å²) in [6.45, 7) is 20.0. The molecule has 3 rings (SSSR count). The Kier molecular flexibility index (Phi) is 7.22. The van der Waals surface area contributed by atoms with Gasteiger partial charge >= 0.3 is 0 Å². The van der Waals surface area contributed by atoms with Crippen LogP contribution in [0.1, 0.15) is 52.0 Å². The van der Waals surface area contributed by atoms with E-state index in [9.17, 15) is 8.42 Å². The van der Waals surface area contributed by atoms with Crippen molar-refractivity contribution in [1.29, 1.82) is 0 Å². The molecule has 186 valence electrons. The fourth-order valence-corrected chi connectivity index (χ4v) is 8.79. The van der Waals surface area contributed by atoms with Crippen molar-refractivity contribution in [1.82, 2.24) is 4.31 Å². The van der Waals surface area contributed by atoms with E-state index >= 15 is 0 Å². The first-order valence-corrected chi connectivity index (χ1v) is 19.9. The monoisotopic (exact) mass is 509 g/mol. The zero-order valence-corrected chi connectivity index (χ0v) is 24.8. The van der Waals surface area contributed by atoms with Crippen molar-refractivity contribution in [3.05, 3.63) is 41.6 Å². The Morgan fingerprint density at radius 1 is 1.03 bits per heavy atom. The van der Waals surface area contributed by atoms with E-state index in [1.165, 1.54) is 0 Å². The van der Waals surface area contributed by atoms with Gasteiger partial charge in [0.1, 0.15) is 0 Å². The van der Waals surface area contributed by atoms with Gasteiger partial charge in [0.05, 0.1) is 28.8 Å². The second-order valence-corrected chi connectivity index (χ2v) is 23.3. The molecule has 1 aromatic rings. The van der Waals surface area contributed by atoms with Gasteiger partial charge in [0.15, 0.2) is 16.6 Å². The number of aryl methyl sites for hydroxylation is 1. The van der Waals surface area contributed by atoms with Gasteiger partial charge in [0.2, 0.25) is 0 Å². The maximum Gasteiger partial charge on any atom is 0.264 e. The number of benzene rings is 1. The number of rotatable bonds is 7. The topological polar surface area (TPSA) is 55.8 Å². The molecule has 1 aliphatic carbocycles. The van der Waals surface area contributed by atoms with Gasteiger partial charge < -0.3 is 8.85 Å². The average molecular weight is 510 g/mol. The molecule has 0 saturated heterocycles. The summed E-state index contributed by atoms with van der Waals surface area (Å²) in [5.74, 6) is 0. The van der Waals surface area contributed by atoms with Crippen LogP contribution in [0.3, 0.4) is 0 Å². The van der Waals surface area contributed by atoms with Crippen LogP contribution < -0.4 is 0 Å². The second-order valence-electron chi connectivity index (χ2n) is 12.2. The van der Waals surface area contributed by atoms with Gasteiger partial charge in [-0.3, -0.25) is 4.31 Å². The minimum Gasteiger partial charge on any atom is -0.412 e. The fourth-order valence-electron chi connectivity index (χ4n) is 4.35. The Hall–Kier alpha value is -0.936. The predicted molar refractivity (Wildman–Crippen MR) is 141 cm³/mol. The molecule has 0 bridgehead atoms. The largest absolute Gasteiger partial charge is 0.412 e. The third-order valence-corrected chi connectivity index (χ3v) is 14.6. The maximum atomic E-state index is 14.0. The van der Waals surface area contributed by atoms with Crippen molar-refractivity contribution in [2.75, 3.05) is 6.54 Å². The van der Waals surface area contributed by atoms with Gasteiger partial charge in [-0.1, -0.05) is 44.5 Å². The third-order valence-electron chi connectivity index (χ3n) is 7.22. The molecule has 0 unspecified atom stereocenters. The molecule has 1 saturated carbocycles. The highest BCUT2D eigenvalue weighted by Crippen LogP contribution is 2.48. The summed E-state index contributed by atoms with van der Waals surface area (Å²) in [6, 6.07) is 7.16. The summed E-state index contributed by atoms with van der Waals surface area (Å²) in [5, 5.41) is 0.0633. The average Bonchev–Trinajstić information content (AvgIpc) is 2.63. The zero-order chi connectivity index (χ0) is 24.9. The molecule has 1 heterocycles. The Morgan fingerprint density at radius 2 is 1.61 bits per heavy atom. The summed E-state index contributed by atoms with van der Waals surface area (Å²) in [4.78, 5) is 0.328. The van der Waals surface area contributed by atoms with E-state index in [4.69, 9.17) is 8.85 Å². The van der Waals surface area contributed by atoms with E-state index in [-0.39, 0.29) is 11.1 Å². The Bertz CT molecular complexity index is 985. The van der Waals surface area contributed by atoms with Gasteiger partial charge in [-0.15, -0.1) is 0 Å². The van der Waals surface area contributed by atoms with E-state index in [0.717, 1.165) is 36.9 Å². The number of hydrogen-bond donors (Lipinski definition) is 0. The van der Waals surface area contributed by atoms with E-state index in [0.29, 0.717) is 11.4 Å². The van der Waals surface area contributed by atoms with Gasteiger partial charge in [-0.2, -0.15) is 0 Å². The molecule has 8 heteroatoms. The molecular formula is C25H43NO4SSi2. The van der Waals surface area contributed by atoms with Gasteiger partial charge in [-0.25, -0.2) is 8.42 Å². The Morgan fingerprint density at radius 3 is 2.06 bits per heavy atom. The summed E-state index contributed by atoms with van der Waals surface area (Å²) in [6.07, 6.45) is 5.47. The minimum absolute atomic E-state index is 0.0633. The van der Waals surface area contributed by atoms with E-state index in [1.807, 2.05) is 19.1 Å². The first kappa shape index (κ1) is 26.7. The number of sulfonamides is 1. The van der Waals surface area contributed by atoms with Crippen molar-refractivity contribution in [3.8, 4) is 0 Å². The lowest BCUT2D eigenvalue weighted by molar-refractivity contribution is -0.00237. The van der Waals surface area contributed by atoms with Crippen molar-refractivity contribution < 1.29 is 17.3 Å². The van der Waals surface area contributed by atoms with E-state index in [1.54, 1.807) is 16.4 Å². The van der Waals surface area contributed by atoms with E-state index in [2.05, 4.69) is 59.6 Å². The van der Waals surface area contributed by atoms with Crippen LogP contribution in [0.2, 0.25) is 37.8 Å². The lowest BCUT2D eigenvalue weighted by Crippen LogP contribution is -2.57. The number of hydrogen-bond acceptors (Lipinski definition) is 4. The van der Waals surface area contributed by atoms with Crippen LogP contribution in [0.5, 0.6) is 0 Å². The van der Waals surface area contributed by atoms with E-state index < -0.39 is 32.3 Å². The maximum absolute atomic E-state index is 14.0. The van der Waals surface area contributed by atoms with Gasteiger partial charge in [0, 0.05) is 0 Å². The summed E-state index contributed by atoms with van der Waals surface area (Å²) in [5.41, 5.74) is 1.37. The highest BCUT2D eigenvalue weighted by molar-refractivity contribution is 7.89. The summed E-state index contributed by atoms with van der Waals surface area (Å²) < 4.78 is 43.0. The van der Waals surface area contributed by atoms with Crippen LogP contribution in [0.15, 0.2) is 40.9 Å². The normalized spacial score (nSPS) is 22.0. The molecule has 0 aromatic heterocycles. The summed E-state index contributed by atoms with van der Waals surface area (Å²) in [7, 11) is -7.66. The molecule has 0 amide bonds. The molecule has 5 nitrogen and oxygen atoms in total. The molecule has 1 aromatic carbocycles. The fraction of sp³-hybridized carbons (Fsp3) is 0.680. The van der Waals surface area contributed by atoms with Crippen LogP contribution >= 0.6 is 0 Å². The molecule has 1 aliphatic heterocycles. The quantitative estimate of drug-likeness (QED) is 0.397. The highest BCUT2D eigenvalue weighted by Gasteiger charge is 2.51. The van der Waals surface area contributed by atoms with Gasteiger partial charge in [-0.05, 0) is 82.5 Å². The number of nitrogens with zero attached hydrogens (tertiary/aromatic N) is 1. The van der Waals surface area contributed by atoms with Crippen LogP contribution in [0.25, 0.3) is 0 Å². The zero-order valence-electron chi connectivity index (χ0n) is 22.0. The first-order chi connectivity index (χ1) is 15.0. The lowest BCUT2D eigenvalue weighted by atomic mass is 9.76. The van der Waals surface area contributed by atoms with Crippen LogP contribution in [0.4, 0.5) is 0 Å². The standard InChI is InChI=1S/C25H43NO4SSi2/c1-20-11-14-22(15-12-20)31(27,28)26-19-21(29-33(8,9)24(2,3)4)13-16-23(26)25(17-10-18-25)30-32(5,6)7/h11-12,14-16,21H,10,13,17-19H2,1-9H3/t21-/m0/s1. The predicted octanol–water partition coefficient (Wildman–Crippen LogP) is 6.44. The second kappa shape index (κ2) is 8.93. The molecule has 2 aliphatic rings. The molecule has 0 radical (unpaired) electrons. The first-order valence-electron chi connectivity index (χ1n) is 12.1. The smallest absolute Gasteiger partial charge is 0.264 e. The van der Waals surface area contributed by atoms with Crippen LogP contribution in [-0.4, -0.2) is 47.6 Å². The molecular weight excluding hydrogens is 467 g/mol. The highest BCUT2D eigenvalue weighted by atomic mass is 32.2. The minimum atomic E-state index is -3.73. The third kappa shape index (κ3) is 5.66.